The number of hydrogen-bond donors (Lipinski definition) is 0. The van der Waals surface area contributed by atoms with E-state index in [1.54, 1.807) is 30.6 Å². The summed E-state index contributed by atoms with van der Waals surface area (Å²) < 4.78 is 63.2. The molecule has 6 rings (SSSR count). The number of amides is 1. The summed E-state index contributed by atoms with van der Waals surface area (Å²) in [6.07, 6.45) is -2.89. The maximum absolute atomic E-state index is 14.5. The second kappa shape index (κ2) is 9.62. The van der Waals surface area contributed by atoms with Gasteiger partial charge in [0.05, 0.1) is 30.6 Å². The molecule has 1 aromatic carbocycles. The Balaban J connectivity index is 1.48. The van der Waals surface area contributed by atoms with Gasteiger partial charge in [-0.2, -0.15) is 13.8 Å². The number of esters is 1. The quantitative estimate of drug-likeness (QED) is 0.403. The van der Waals surface area contributed by atoms with E-state index >= 15 is 0 Å². The standard InChI is InChI=1S/C26H27F3N4O6/c1-5-36-22(34)26(28,29)38-19-9-7-17(18-8-6-14(27)11-30-18)21-20(19)31-23(37-21)32-12-15-10-16(13-32)33(15)24(35)39-25(2,3)4/h6-9,11,15-16H,5,10,12-13H2,1-4H3. The smallest absolute Gasteiger partial charge is 0.459 e. The lowest BCUT2D eigenvalue weighted by atomic mass is 9.88. The SMILES string of the molecule is CCOC(=O)C(F)(F)Oc1ccc(-c2ccc(F)cn2)c2oc(N3CC4CC(C3)N4C(=O)OC(C)(C)C)nc12. The molecule has 3 aromatic rings. The molecule has 0 saturated carbocycles. The highest BCUT2D eigenvalue weighted by atomic mass is 19.3. The van der Waals surface area contributed by atoms with Crippen molar-refractivity contribution in [1.82, 2.24) is 14.9 Å². The number of fused-ring (bicyclic) bond motifs is 3. The molecule has 0 N–H and O–H groups in total. The summed E-state index contributed by atoms with van der Waals surface area (Å²) in [4.78, 5) is 36.4. The molecule has 10 nitrogen and oxygen atoms in total. The molecular weight excluding hydrogens is 521 g/mol. The monoisotopic (exact) mass is 548 g/mol. The van der Waals surface area contributed by atoms with Crippen molar-refractivity contribution in [2.75, 3.05) is 24.6 Å². The molecule has 3 aliphatic rings. The van der Waals surface area contributed by atoms with Crippen LogP contribution in [0.5, 0.6) is 5.75 Å². The van der Waals surface area contributed by atoms with E-state index in [1.165, 1.54) is 31.2 Å². The molecule has 0 spiro atoms. The number of pyridine rings is 1. The van der Waals surface area contributed by atoms with Gasteiger partial charge in [0.25, 0.3) is 6.01 Å². The van der Waals surface area contributed by atoms with Crippen LogP contribution < -0.4 is 9.64 Å². The highest BCUT2D eigenvalue weighted by Crippen LogP contribution is 2.41. The van der Waals surface area contributed by atoms with Crippen LogP contribution in [0.3, 0.4) is 0 Å². The molecule has 2 unspecified atom stereocenters. The molecule has 0 aliphatic carbocycles. The summed E-state index contributed by atoms with van der Waals surface area (Å²) >= 11 is 0. The maximum Gasteiger partial charge on any atom is 0.502 e. The highest BCUT2D eigenvalue weighted by molar-refractivity contribution is 5.94. The van der Waals surface area contributed by atoms with Crippen LogP contribution in [0.1, 0.15) is 34.1 Å². The first kappa shape index (κ1) is 26.6. The number of carbonyl (C=O) groups excluding carboxylic acids is 2. The van der Waals surface area contributed by atoms with Crippen molar-refractivity contribution in [3.8, 4) is 17.0 Å². The molecule has 2 atom stereocenters. The zero-order valence-electron chi connectivity index (χ0n) is 21.7. The predicted octanol–water partition coefficient (Wildman–Crippen LogP) is 4.76. The third-order valence-corrected chi connectivity index (χ3v) is 6.32. The van der Waals surface area contributed by atoms with Crippen molar-refractivity contribution in [3.63, 3.8) is 0 Å². The number of oxazole rings is 1. The largest absolute Gasteiger partial charge is 0.502 e. The Morgan fingerprint density at radius 2 is 1.85 bits per heavy atom. The lowest BCUT2D eigenvalue weighted by Crippen LogP contribution is -2.70. The number of ether oxygens (including phenoxy) is 3. The summed E-state index contributed by atoms with van der Waals surface area (Å²) in [5.74, 6) is -2.81. The van der Waals surface area contributed by atoms with Crippen molar-refractivity contribution < 1.29 is 41.4 Å². The van der Waals surface area contributed by atoms with Crippen LogP contribution in [0.4, 0.5) is 24.0 Å². The van der Waals surface area contributed by atoms with Crippen molar-refractivity contribution in [2.24, 2.45) is 0 Å². The van der Waals surface area contributed by atoms with E-state index in [2.05, 4.69) is 14.7 Å². The molecule has 3 saturated heterocycles. The molecule has 3 fully saturated rings. The zero-order valence-corrected chi connectivity index (χ0v) is 21.7. The van der Waals surface area contributed by atoms with Crippen LogP contribution in [0, 0.1) is 5.82 Å². The van der Waals surface area contributed by atoms with Gasteiger partial charge in [-0.3, -0.25) is 9.88 Å². The molecule has 208 valence electrons. The minimum Gasteiger partial charge on any atom is -0.459 e. The van der Waals surface area contributed by atoms with E-state index in [-0.39, 0.29) is 35.8 Å². The van der Waals surface area contributed by atoms with Gasteiger partial charge in [-0.1, -0.05) is 0 Å². The lowest BCUT2D eigenvalue weighted by molar-refractivity contribution is -0.216. The van der Waals surface area contributed by atoms with Crippen LogP contribution >= 0.6 is 0 Å². The normalized spacial score (nSPS) is 19.1. The van der Waals surface area contributed by atoms with Crippen molar-refractivity contribution in [1.29, 1.82) is 0 Å². The van der Waals surface area contributed by atoms with E-state index in [1.807, 2.05) is 0 Å². The third kappa shape index (κ3) is 5.17. The van der Waals surface area contributed by atoms with Crippen molar-refractivity contribution in [3.05, 3.63) is 36.3 Å². The minimum atomic E-state index is -4.28. The molecule has 0 radical (unpaired) electrons. The van der Waals surface area contributed by atoms with Crippen LogP contribution in [0.15, 0.2) is 34.9 Å². The maximum atomic E-state index is 14.5. The highest BCUT2D eigenvalue weighted by Gasteiger charge is 2.50. The first-order chi connectivity index (χ1) is 18.4. The summed E-state index contributed by atoms with van der Waals surface area (Å²) in [5.41, 5.74) is 0.0113. The fourth-order valence-electron chi connectivity index (χ4n) is 4.70. The number of halogens is 3. The number of anilines is 1. The van der Waals surface area contributed by atoms with Gasteiger partial charge >= 0.3 is 18.2 Å². The summed E-state index contributed by atoms with van der Waals surface area (Å²) in [6.45, 7) is 7.28. The Labute approximate surface area is 221 Å². The van der Waals surface area contributed by atoms with Crippen LogP contribution in [0.2, 0.25) is 0 Å². The third-order valence-electron chi connectivity index (χ3n) is 6.32. The number of aromatic nitrogens is 2. The molecule has 1 amide bonds. The van der Waals surface area contributed by atoms with Gasteiger partial charge in [-0.15, -0.1) is 0 Å². The molecule has 3 aliphatic heterocycles. The summed E-state index contributed by atoms with van der Waals surface area (Å²) in [6, 6.07) is 5.06. The zero-order chi connectivity index (χ0) is 28.1. The molecule has 39 heavy (non-hydrogen) atoms. The fourth-order valence-corrected chi connectivity index (χ4v) is 4.70. The molecule has 13 heteroatoms. The average molecular weight is 549 g/mol. The van der Waals surface area contributed by atoms with Crippen molar-refractivity contribution >= 4 is 29.2 Å². The Morgan fingerprint density at radius 3 is 2.46 bits per heavy atom. The molecular formula is C26H27F3N4O6. The van der Waals surface area contributed by atoms with Gasteiger partial charge in [0.2, 0.25) is 0 Å². The summed E-state index contributed by atoms with van der Waals surface area (Å²) in [7, 11) is 0. The van der Waals surface area contributed by atoms with Gasteiger partial charge in [-0.25, -0.2) is 14.0 Å². The van der Waals surface area contributed by atoms with Gasteiger partial charge in [0, 0.05) is 18.7 Å². The topological polar surface area (TPSA) is 107 Å². The number of carbonyl (C=O) groups is 2. The molecule has 5 heterocycles. The van der Waals surface area contributed by atoms with E-state index in [0.717, 1.165) is 12.6 Å². The first-order valence-corrected chi connectivity index (χ1v) is 12.4. The predicted molar refractivity (Wildman–Crippen MR) is 132 cm³/mol. The number of alkyl halides is 2. The Morgan fingerprint density at radius 1 is 1.13 bits per heavy atom. The van der Waals surface area contributed by atoms with Gasteiger partial charge < -0.3 is 23.5 Å². The Hall–Kier alpha value is -4.03. The number of nitrogens with zero attached hydrogens (tertiary/aromatic N) is 4. The van der Waals surface area contributed by atoms with Crippen LogP contribution in [-0.2, 0) is 14.3 Å². The second-order valence-electron chi connectivity index (χ2n) is 10.3. The minimum absolute atomic E-state index is 0.0597. The van der Waals surface area contributed by atoms with E-state index in [0.29, 0.717) is 24.3 Å². The van der Waals surface area contributed by atoms with Gasteiger partial charge in [0.15, 0.2) is 16.8 Å². The van der Waals surface area contributed by atoms with Gasteiger partial charge in [0.1, 0.15) is 11.4 Å². The number of piperidine rings is 1. The summed E-state index contributed by atoms with van der Waals surface area (Å²) in [5, 5.41) is 0. The molecule has 2 bridgehead atoms. The van der Waals surface area contributed by atoms with E-state index < -0.39 is 35.3 Å². The van der Waals surface area contributed by atoms with Gasteiger partial charge in [-0.05, 0) is 58.4 Å². The van der Waals surface area contributed by atoms with Crippen LogP contribution in [0.25, 0.3) is 22.4 Å². The van der Waals surface area contributed by atoms with E-state index in [9.17, 15) is 22.8 Å². The van der Waals surface area contributed by atoms with Crippen molar-refractivity contribution in [2.45, 2.75) is 57.9 Å². The Bertz CT molecular complexity index is 1390. The van der Waals surface area contributed by atoms with E-state index in [4.69, 9.17) is 13.9 Å². The fraction of sp³-hybridized carbons (Fsp3) is 0.462. The van der Waals surface area contributed by atoms with Crippen LogP contribution in [-0.4, -0.2) is 70.4 Å². The number of piperazine rings is 1. The second-order valence-corrected chi connectivity index (χ2v) is 10.3. The average Bonchev–Trinajstić information content (AvgIpc) is 3.30. The number of rotatable bonds is 6. The molecule has 2 aromatic heterocycles. The Kier molecular flexibility index (Phi) is 6.55. The lowest BCUT2D eigenvalue weighted by Gasteiger charge is -2.55. The number of hydrogen-bond acceptors (Lipinski definition) is 9. The number of benzene rings is 1. The first-order valence-electron chi connectivity index (χ1n) is 12.4.